The molecule has 5 aliphatic carbocycles. The number of nitrogens with one attached hydrogen (secondary N) is 1. The third-order valence-electron chi connectivity index (χ3n) is 15.1. The van der Waals surface area contributed by atoms with Gasteiger partial charge in [0.25, 0.3) is 5.56 Å². The van der Waals surface area contributed by atoms with Crippen molar-refractivity contribution < 1.29 is 24.9 Å². The predicted octanol–water partition coefficient (Wildman–Crippen LogP) is 5.49. The number of carbonyl (C=O) groups is 1. The van der Waals surface area contributed by atoms with Crippen LogP contribution in [0.25, 0.3) is 11.2 Å². The number of aromatic amines is 1. The van der Waals surface area contributed by atoms with Gasteiger partial charge in [0, 0.05) is 12.3 Å². The summed E-state index contributed by atoms with van der Waals surface area (Å²) >= 11 is 0. The number of esters is 1. The van der Waals surface area contributed by atoms with Crippen LogP contribution in [-0.2, 0) is 9.53 Å². The first-order valence-electron chi connectivity index (χ1n) is 19.1. The van der Waals surface area contributed by atoms with Gasteiger partial charge in [-0.2, -0.15) is 0 Å². The molecular weight excluding hydrogens is 620 g/mol. The van der Waals surface area contributed by atoms with Crippen LogP contribution in [0.2, 0.25) is 0 Å². The second kappa shape index (κ2) is 12.9. The van der Waals surface area contributed by atoms with E-state index >= 15 is 0 Å². The summed E-state index contributed by atoms with van der Waals surface area (Å²) in [7, 11) is 0. The van der Waals surface area contributed by atoms with Crippen LogP contribution in [0.15, 0.2) is 23.3 Å². The minimum absolute atomic E-state index is 0.0724. The zero-order valence-electron chi connectivity index (χ0n) is 30.1. The molecule has 0 saturated heterocycles. The predicted molar refractivity (Wildman–Crippen MR) is 186 cm³/mol. The molecule has 10 heteroatoms. The molecule has 14 atom stereocenters. The van der Waals surface area contributed by atoms with E-state index in [0.29, 0.717) is 59.8 Å². The Labute approximate surface area is 290 Å². The second-order valence-electron chi connectivity index (χ2n) is 17.3. The lowest BCUT2D eigenvalue weighted by Crippen LogP contribution is -2.62. The van der Waals surface area contributed by atoms with Crippen molar-refractivity contribution in [3.63, 3.8) is 0 Å². The number of aryl methyl sites for hydroxylation is 1. The maximum atomic E-state index is 13.1. The summed E-state index contributed by atoms with van der Waals surface area (Å²) in [5.74, 6) is 2.68. The Morgan fingerprint density at radius 3 is 2.59 bits per heavy atom. The molecule has 5 aliphatic rings. The first-order valence-corrected chi connectivity index (χ1v) is 19.1. The van der Waals surface area contributed by atoms with Gasteiger partial charge in [0.2, 0.25) is 0 Å². The first kappa shape index (κ1) is 34.9. The van der Waals surface area contributed by atoms with Crippen molar-refractivity contribution in [3.05, 3.63) is 34.7 Å². The van der Waals surface area contributed by atoms with Gasteiger partial charge in [-0.3, -0.25) is 9.59 Å². The summed E-state index contributed by atoms with van der Waals surface area (Å²) in [6, 6.07) is -0.294. The minimum Gasteiger partial charge on any atom is -0.465 e. The fraction of sp³-hybridized carbons (Fsp3) is 0.795. The number of nitrogens with zero attached hydrogens (tertiary/aromatic N) is 3. The fourth-order valence-electron chi connectivity index (χ4n) is 12.5. The van der Waals surface area contributed by atoms with Gasteiger partial charge in [-0.05, 0) is 123 Å². The Hall–Kier alpha value is -2.56. The molecule has 49 heavy (non-hydrogen) atoms. The van der Waals surface area contributed by atoms with E-state index in [4.69, 9.17) is 4.74 Å². The number of ether oxygens (including phenoxy) is 1. The van der Waals surface area contributed by atoms with Gasteiger partial charge in [0.05, 0.1) is 30.7 Å². The molecule has 5 fully saturated rings. The summed E-state index contributed by atoms with van der Waals surface area (Å²) < 4.78 is 7.57. The van der Waals surface area contributed by atoms with Gasteiger partial charge in [-0.25, -0.2) is 9.97 Å². The second-order valence-corrected chi connectivity index (χ2v) is 17.3. The zero-order valence-corrected chi connectivity index (χ0v) is 30.1. The Morgan fingerprint density at radius 2 is 1.84 bits per heavy atom. The smallest absolute Gasteiger partial charge is 0.305 e. The van der Waals surface area contributed by atoms with Crippen LogP contribution in [0, 0.1) is 65.1 Å². The molecule has 0 aromatic carbocycles. The van der Waals surface area contributed by atoms with E-state index < -0.39 is 12.0 Å². The largest absolute Gasteiger partial charge is 0.465 e. The van der Waals surface area contributed by atoms with E-state index in [2.05, 4.69) is 49.2 Å². The van der Waals surface area contributed by atoms with Crippen LogP contribution in [0.3, 0.4) is 0 Å². The monoisotopic (exact) mass is 678 g/mol. The molecule has 0 spiro atoms. The molecule has 2 aromatic heterocycles. The van der Waals surface area contributed by atoms with Gasteiger partial charge in [-0.15, -0.1) is 0 Å². The topological polar surface area (TPSA) is 151 Å². The number of fused-ring (bicyclic) bond motifs is 6. The van der Waals surface area contributed by atoms with Crippen molar-refractivity contribution in [2.75, 3.05) is 6.61 Å². The number of aromatic nitrogens is 4. The number of H-pyrrole nitrogens is 1. The Morgan fingerprint density at radius 1 is 1.10 bits per heavy atom. The Bertz CT molecular complexity index is 1640. The summed E-state index contributed by atoms with van der Waals surface area (Å²) in [6.07, 6.45) is 10.1. The lowest BCUT2D eigenvalue weighted by atomic mass is 9.41. The van der Waals surface area contributed by atoms with E-state index in [1.54, 1.807) is 17.8 Å². The van der Waals surface area contributed by atoms with Gasteiger partial charge in [0.1, 0.15) is 12.4 Å². The fourth-order valence-corrected chi connectivity index (χ4v) is 12.5. The van der Waals surface area contributed by atoms with E-state index in [-0.39, 0.29) is 58.6 Å². The van der Waals surface area contributed by atoms with Gasteiger partial charge in [-0.1, -0.05) is 40.7 Å². The normalized spacial score (nSPS) is 42.4. The lowest BCUT2D eigenvalue weighted by molar-refractivity contribution is -0.203. The van der Waals surface area contributed by atoms with Crippen molar-refractivity contribution in [2.24, 2.45) is 58.2 Å². The number of hydrogen-bond acceptors (Lipinski definition) is 8. The molecule has 5 saturated carbocycles. The molecule has 7 rings (SSSR count). The number of aliphatic hydroxyl groups is 3. The first-order chi connectivity index (χ1) is 23.3. The molecule has 4 N–H and O–H groups in total. The highest BCUT2D eigenvalue weighted by Crippen LogP contribution is 2.69. The molecule has 2 aromatic rings. The lowest BCUT2D eigenvalue weighted by Gasteiger charge is -2.64. The van der Waals surface area contributed by atoms with Gasteiger partial charge < -0.3 is 29.6 Å². The molecule has 2 heterocycles. The molecule has 1 unspecified atom stereocenters. The van der Waals surface area contributed by atoms with Crippen molar-refractivity contribution in [3.8, 4) is 0 Å². The SMILES string of the molecule is C=C1[C@H](COC(=O)CC[C@@H](C)[C@H]2CC[C@H]3[C@@H]4[C@H](O)C(CC)[C@@H]5C[C@H](O)CC[C@]5(C)[C@H]4CC[C@]23C)[C@@H](O)C[C@@H]1n1cnc2c(=O)[nH]c(C)nc21. The highest BCUT2D eigenvalue weighted by atomic mass is 16.5. The standard InChI is InChI=1S/C39H58N4O6/c1-7-24-29-16-23(44)12-14-39(29,6)28-13-15-38(5)26(9-10-27(38)33(28)35(24)47)20(2)8-11-32(46)49-18-25-21(3)30(17-31(25)45)43-19-40-34-36(43)41-22(4)42-37(34)48/h19-20,23-31,33,35,44-45,47H,3,7-18H2,1-2,4-6H3,(H,41,42,48)/t20-,23-,24?,25+,26-,27+,28+,29+,30+,31+,33+,35-,38-,39-/m1/s1. The van der Waals surface area contributed by atoms with Crippen molar-refractivity contribution in [1.82, 2.24) is 19.5 Å². The Balaban J connectivity index is 0.960. The maximum Gasteiger partial charge on any atom is 0.305 e. The van der Waals surface area contributed by atoms with Crippen LogP contribution in [-0.4, -0.2) is 65.7 Å². The van der Waals surface area contributed by atoms with Crippen molar-refractivity contribution in [1.29, 1.82) is 0 Å². The van der Waals surface area contributed by atoms with Crippen molar-refractivity contribution in [2.45, 2.75) is 130 Å². The number of aliphatic hydroxyl groups excluding tert-OH is 3. The molecule has 10 nitrogen and oxygen atoms in total. The Kier molecular flexibility index (Phi) is 9.17. The summed E-state index contributed by atoms with van der Waals surface area (Å²) in [6.45, 7) is 15.5. The average Bonchev–Trinajstić information content (AvgIpc) is 3.72. The highest BCUT2D eigenvalue weighted by Gasteiger charge is 2.64. The molecule has 0 aliphatic heterocycles. The third kappa shape index (κ3) is 5.63. The van der Waals surface area contributed by atoms with Gasteiger partial charge >= 0.3 is 5.97 Å². The minimum atomic E-state index is -0.728. The number of hydrogen-bond donors (Lipinski definition) is 4. The van der Waals surface area contributed by atoms with E-state index in [1.807, 2.05) is 0 Å². The molecule has 0 bridgehead atoms. The summed E-state index contributed by atoms with van der Waals surface area (Å²) in [5, 5.41) is 33.5. The molecule has 0 radical (unpaired) electrons. The quantitative estimate of drug-likeness (QED) is 0.211. The number of rotatable bonds is 8. The van der Waals surface area contributed by atoms with E-state index in [0.717, 1.165) is 56.9 Å². The zero-order chi connectivity index (χ0) is 35.0. The number of carbonyl (C=O) groups excluding carboxylic acids is 1. The van der Waals surface area contributed by atoms with E-state index in [1.165, 1.54) is 6.42 Å². The van der Waals surface area contributed by atoms with Crippen LogP contribution in [0.4, 0.5) is 0 Å². The summed E-state index contributed by atoms with van der Waals surface area (Å²) in [5.41, 5.74) is 1.49. The maximum absolute atomic E-state index is 13.1. The van der Waals surface area contributed by atoms with Crippen LogP contribution < -0.4 is 5.56 Å². The highest BCUT2D eigenvalue weighted by molar-refractivity contribution is 5.70. The summed E-state index contributed by atoms with van der Waals surface area (Å²) in [4.78, 5) is 36.8. The number of imidazole rings is 1. The van der Waals surface area contributed by atoms with Crippen LogP contribution in [0.5, 0.6) is 0 Å². The van der Waals surface area contributed by atoms with Crippen molar-refractivity contribution >= 4 is 17.1 Å². The third-order valence-corrected chi connectivity index (χ3v) is 15.1. The molecule has 0 amide bonds. The molecular formula is C39H58N4O6. The van der Waals surface area contributed by atoms with Crippen LogP contribution in [0.1, 0.15) is 110 Å². The van der Waals surface area contributed by atoms with E-state index in [9.17, 15) is 24.9 Å². The molecule has 270 valence electrons. The average molecular weight is 679 g/mol. The van der Waals surface area contributed by atoms with Crippen LogP contribution >= 0.6 is 0 Å². The van der Waals surface area contributed by atoms with Gasteiger partial charge in [0.15, 0.2) is 11.2 Å².